The average Bonchev–Trinajstić information content (AvgIpc) is 3.17. The van der Waals surface area contributed by atoms with E-state index >= 15 is 0 Å². The van der Waals surface area contributed by atoms with E-state index in [9.17, 15) is 9.59 Å². The fourth-order valence-corrected chi connectivity index (χ4v) is 3.34. The van der Waals surface area contributed by atoms with Crippen LogP contribution in [0.2, 0.25) is 0 Å². The van der Waals surface area contributed by atoms with Crippen LogP contribution >= 0.6 is 0 Å². The predicted octanol–water partition coefficient (Wildman–Crippen LogP) is 4.09. The fourth-order valence-electron chi connectivity index (χ4n) is 3.34. The van der Waals surface area contributed by atoms with Gasteiger partial charge in [0.15, 0.2) is 0 Å². The first-order valence-corrected chi connectivity index (χ1v) is 8.84. The molecule has 0 radical (unpaired) electrons. The largest absolute Gasteiger partial charge is 0.337 e. The topological polar surface area (TPSA) is 49.4 Å². The Morgan fingerprint density at radius 2 is 1.64 bits per heavy atom. The van der Waals surface area contributed by atoms with Gasteiger partial charge in [-0.2, -0.15) is 0 Å². The molecule has 25 heavy (non-hydrogen) atoms. The highest BCUT2D eigenvalue weighted by Crippen LogP contribution is 2.27. The molecule has 1 aliphatic rings. The average molecular weight is 336 g/mol. The van der Waals surface area contributed by atoms with Gasteiger partial charge in [-0.05, 0) is 30.5 Å². The number of anilines is 1. The summed E-state index contributed by atoms with van der Waals surface area (Å²) in [7, 11) is 1.78. The van der Waals surface area contributed by atoms with Crippen molar-refractivity contribution in [3.05, 3.63) is 65.7 Å². The van der Waals surface area contributed by atoms with Crippen LogP contribution in [0.15, 0.2) is 54.6 Å². The zero-order valence-corrected chi connectivity index (χ0v) is 14.6. The van der Waals surface area contributed by atoms with Gasteiger partial charge in [0.25, 0.3) is 5.91 Å². The maximum Gasteiger partial charge on any atom is 0.256 e. The lowest BCUT2D eigenvalue weighted by Crippen LogP contribution is -2.28. The smallest absolute Gasteiger partial charge is 0.256 e. The van der Waals surface area contributed by atoms with E-state index < -0.39 is 0 Å². The third kappa shape index (κ3) is 4.27. The van der Waals surface area contributed by atoms with Crippen molar-refractivity contribution >= 4 is 17.5 Å². The molecule has 4 nitrogen and oxygen atoms in total. The Bertz CT molecular complexity index is 737. The Hall–Kier alpha value is -2.62. The minimum Gasteiger partial charge on any atom is -0.337 e. The Morgan fingerprint density at radius 1 is 1.00 bits per heavy atom. The standard InChI is InChI=1S/C21H24N2O2/c1-23(15-16-9-3-2-4-10-16)21(25)18-13-7-8-14-19(18)22-20(24)17-11-5-6-12-17/h2-4,7-10,13-14,17H,5-6,11-12,15H2,1H3,(H,22,24). The maximum atomic E-state index is 12.8. The molecule has 130 valence electrons. The lowest BCUT2D eigenvalue weighted by molar-refractivity contribution is -0.119. The number of nitrogens with zero attached hydrogens (tertiary/aromatic N) is 1. The van der Waals surface area contributed by atoms with Gasteiger partial charge in [-0.15, -0.1) is 0 Å². The molecule has 2 aromatic carbocycles. The highest BCUT2D eigenvalue weighted by Gasteiger charge is 2.24. The van der Waals surface area contributed by atoms with E-state index in [-0.39, 0.29) is 17.7 Å². The second-order valence-electron chi connectivity index (χ2n) is 6.66. The molecule has 1 saturated carbocycles. The number of nitrogens with one attached hydrogen (secondary N) is 1. The number of carbonyl (C=O) groups is 2. The summed E-state index contributed by atoms with van der Waals surface area (Å²) >= 11 is 0. The SMILES string of the molecule is CN(Cc1ccccc1)C(=O)c1ccccc1NC(=O)C1CCCC1. The molecule has 1 fully saturated rings. The van der Waals surface area contributed by atoms with Crippen molar-refractivity contribution in [1.82, 2.24) is 4.90 Å². The van der Waals surface area contributed by atoms with Crippen LogP contribution < -0.4 is 5.32 Å². The zero-order chi connectivity index (χ0) is 17.6. The number of carbonyl (C=O) groups excluding carboxylic acids is 2. The van der Waals surface area contributed by atoms with E-state index in [0.29, 0.717) is 17.8 Å². The number of para-hydroxylation sites is 1. The molecule has 0 bridgehead atoms. The van der Waals surface area contributed by atoms with Crippen molar-refractivity contribution in [1.29, 1.82) is 0 Å². The Morgan fingerprint density at radius 3 is 2.36 bits per heavy atom. The minimum absolute atomic E-state index is 0.0310. The second-order valence-corrected chi connectivity index (χ2v) is 6.66. The molecule has 3 rings (SSSR count). The normalized spacial score (nSPS) is 14.3. The van der Waals surface area contributed by atoms with Crippen molar-refractivity contribution in [2.45, 2.75) is 32.2 Å². The highest BCUT2D eigenvalue weighted by atomic mass is 16.2. The van der Waals surface area contributed by atoms with E-state index in [1.165, 1.54) is 0 Å². The van der Waals surface area contributed by atoms with Gasteiger partial charge in [0.1, 0.15) is 0 Å². The summed E-state index contributed by atoms with van der Waals surface area (Å²) in [5.74, 6) is 0.0137. The zero-order valence-electron chi connectivity index (χ0n) is 14.6. The molecule has 0 atom stereocenters. The molecule has 1 N–H and O–H groups in total. The molecule has 0 aromatic heterocycles. The summed E-state index contributed by atoms with van der Waals surface area (Å²) in [6, 6.07) is 17.1. The monoisotopic (exact) mass is 336 g/mol. The fraction of sp³-hybridized carbons (Fsp3) is 0.333. The first-order chi connectivity index (χ1) is 12.1. The lowest BCUT2D eigenvalue weighted by Gasteiger charge is -2.20. The number of hydrogen-bond acceptors (Lipinski definition) is 2. The molecule has 2 aromatic rings. The summed E-state index contributed by atoms with van der Waals surface area (Å²) in [4.78, 5) is 26.9. The van der Waals surface area contributed by atoms with Crippen LogP contribution in [0.1, 0.15) is 41.6 Å². The molecular formula is C21H24N2O2. The van der Waals surface area contributed by atoms with E-state index in [2.05, 4.69) is 5.32 Å². The third-order valence-corrected chi connectivity index (χ3v) is 4.75. The van der Waals surface area contributed by atoms with E-state index in [4.69, 9.17) is 0 Å². The summed E-state index contributed by atoms with van der Waals surface area (Å²) < 4.78 is 0. The van der Waals surface area contributed by atoms with Gasteiger partial charge in [0.05, 0.1) is 11.3 Å². The molecule has 0 unspecified atom stereocenters. The highest BCUT2D eigenvalue weighted by molar-refractivity contribution is 6.04. The van der Waals surface area contributed by atoms with Crippen LogP contribution in [0.4, 0.5) is 5.69 Å². The lowest BCUT2D eigenvalue weighted by atomic mass is 10.1. The predicted molar refractivity (Wildman–Crippen MR) is 99.3 cm³/mol. The second kappa shape index (κ2) is 7.97. The molecule has 1 aliphatic carbocycles. The minimum atomic E-state index is -0.0915. The van der Waals surface area contributed by atoms with E-state index in [0.717, 1.165) is 31.2 Å². The summed E-state index contributed by atoms with van der Waals surface area (Å²) in [5.41, 5.74) is 2.21. The number of rotatable bonds is 5. The Labute approximate surface area is 148 Å². The van der Waals surface area contributed by atoms with Gasteiger partial charge in [0.2, 0.25) is 5.91 Å². The Balaban J connectivity index is 1.72. The summed E-state index contributed by atoms with van der Waals surface area (Å²) in [6.45, 7) is 0.532. The molecule has 2 amide bonds. The molecule has 4 heteroatoms. The van der Waals surface area contributed by atoms with Crippen molar-refractivity contribution in [3.8, 4) is 0 Å². The van der Waals surface area contributed by atoms with Crippen LogP contribution in [0, 0.1) is 5.92 Å². The van der Waals surface area contributed by atoms with Gasteiger partial charge >= 0.3 is 0 Å². The van der Waals surface area contributed by atoms with Crippen molar-refractivity contribution in [2.24, 2.45) is 5.92 Å². The van der Waals surface area contributed by atoms with Crippen molar-refractivity contribution < 1.29 is 9.59 Å². The van der Waals surface area contributed by atoms with Crippen molar-refractivity contribution in [2.75, 3.05) is 12.4 Å². The quantitative estimate of drug-likeness (QED) is 0.894. The number of hydrogen-bond donors (Lipinski definition) is 1. The number of benzene rings is 2. The number of amides is 2. The van der Waals surface area contributed by atoms with Gasteiger partial charge in [-0.25, -0.2) is 0 Å². The van der Waals surface area contributed by atoms with Crippen LogP contribution in [0.5, 0.6) is 0 Å². The first kappa shape index (κ1) is 17.2. The first-order valence-electron chi connectivity index (χ1n) is 8.84. The summed E-state index contributed by atoms with van der Waals surface area (Å²) in [5, 5.41) is 2.97. The van der Waals surface area contributed by atoms with Crippen LogP contribution in [-0.2, 0) is 11.3 Å². The molecule has 0 saturated heterocycles. The van der Waals surface area contributed by atoms with E-state index in [1.54, 1.807) is 24.1 Å². The molecule has 0 aliphatic heterocycles. The summed E-state index contributed by atoms with van der Waals surface area (Å²) in [6.07, 6.45) is 4.10. The van der Waals surface area contributed by atoms with Gasteiger partial charge in [0, 0.05) is 19.5 Å². The van der Waals surface area contributed by atoms with Crippen molar-refractivity contribution in [3.63, 3.8) is 0 Å². The molecule has 0 heterocycles. The maximum absolute atomic E-state index is 12.8. The Kier molecular flexibility index (Phi) is 5.49. The van der Waals surface area contributed by atoms with Crippen LogP contribution in [0.3, 0.4) is 0 Å². The van der Waals surface area contributed by atoms with Crippen LogP contribution in [-0.4, -0.2) is 23.8 Å². The van der Waals surface area contributed by atoms with Gasteiger partial charge in [-0.1, -0.05) is 55.3 Å². The van der Waals surface area contributed by atoms with Crippen LogP contribution in [0.25, 0.3) is 0 Å². The molecule has 0 spiro atoms. The van der Waals surface area contributed by atoms with Gasteiger partial charge < -0.3 is 10.2 Å². The van der Waals surface area contributed by atoms with Gasteiger partial charge in [-0.3, -0.25) is 9.59 Å². The van der Waals surface area contributed by atoms with E-state index in [1.807, 2.05) is 42.5 Å². The molecular weight excluding hydrogens is 312 g/mol. The third-order valence-electron chi connectivity index (χ3n) is 4.75.